The molecular formula is C64H107NO18. The second-order valence-electron chi connectivity index (χ2n) is 21.8. The van der Waals surface area contributed by atoms with Gasteiger partial charge in [0.2, 0.25) is 5.91 Å². The molecule has 0 bridgehead atoms. The molecule has 3 fully saturated rings. The number of aliphatic hydroxyl groups is 11. The van der Waals surface area contributed by atoms with Crippen LogP contribution in [0.1, 0.15) is 168 Å². The minimum atomic E-state index is -1.98. The third kappa shape index (κ3) is 29.3. The summed E-state index contributed by atoms with van der Waals surface area (Å²) in [5.74, 6) is -0.300. The average Bonchev–Trinajstić information content (AvgIpc) is 3.25. The lowest BCUT2D eigenvalue weighted by atomic mass is 9.96. The predicted octanol–water partition coefficient (Wildman–Crippen LogP) is 6.15. The van der Waals surface area contributed by atoms with E-state index in [1.54, 1.807) is 12.2 Å². The Morgan fingerprint density at radius 2 is 0.855 bits per heavy atom. The van der Waals surface area contributed by atoms with Crippen molar-refractivity contribution in [2.24, 2.45) is 0 Å². The highest BCUT2D eigenvalue weighted by Crippen LogP contribution is 2.33. The monoisotopic (exact) mass is 1180 g/mol. The molecular weight excluding hydrogens is 1070 g/mol. The molecule has 0 aliphatic carbocycles. The summed E-state index contributed by atoms with van der Waals surface area (Å²) in [6, 6.07) is -1.000. The van der Waals surface area contributed by atoms with Gasteiger partial charge in [-0.1, -0.05) is 175 Å². The SMILES string of the molecule is C/C=C/CC/C=C/CC/C=C/C(O)C(COC1OC(CO)C(OC2OC(CO)C(OC3OC(CO)C(O)C(O)C3O)C(O)C2O)C(O)C1O)NC(=O)CCCCCCCCCCCCCCC/C=C\C/C=C\C/C=C\C/C=C\C/C=C\CC. The summed E-state index contributed by atoms with van der Waals surface area (Å²) in [6.07, 6.45) is 31.5. The molecule has 3 heterocycles. The van der Waals surface area contributed by atoms with Gasteiger partial charge < -0.3 is 89.9 Å². The largest absolute Gasteiger partial charge is 0.394 e. The zero-order valence-electron chi connectivity index (χ0n) is 49.6. The molecule has 0 aromatic carbocycles. The first kappa shape index (κ1) is 74.0. The maximum Gasteiger partial charge on any atom is 0.220 e. The molecule has 0 aromatic heterocycles. The van der Waals surface area contributed by atoms with Crippen molar-refractivity contribution in [3.8, 4) is 0 Å². The first-order valence-corrected chi connectivity index (χ1v) is 31.0. The fourth-order valence-corrected chi connectivity index (χ4v) is 9.90. The van der Waals surface area contributed by atoms with E-state index in [9.17, 15) is 61.0 Å². The zero-order valence-corrected chi connectivity index (χ0v) is 49.6. The number of aliphatic hydroxyl groups excluding tert-OH is 11. The van der Waals surface area contributed by atoms with Crippen LogP contribution in [0.25, 0.3) is 0 Å². The molecule has 19 heteroatoms. The lowest BCUT2D eigenvalue weighted by Crippen LogP contribution is -2.66. The first-order chi connectivity index (χ1) is 40.3. The molecule has 17 unspecified atom stereocenters. The van der Waals surface area contributed by atoms with Crippen LogP contribution in [0.3, 0.4) is 0 Å². The van der Waals surface area contributed by atoms with Gasteiger partial charge in [-0.05, 0) is 84.0 Å². The summed E-state index contributed by atoms with van der Waals surface area (Å²) in [5, 5.41) is 120. The van der Waals surface area contributed by atoms with Crippen molar-refractivity contribution < 1.29 is 89.4 Å². The highest BCUT2D eigenvalue weighted by molar-refractivity contribution is 5.76. The van der Waals surface area contributed by atoms with Crippen LogP contribution in [0.5, 0.6) is 0 Å². The van der Waals surface area contributed by atoms with E-state index in [1.165, 1.54) is 51.4 Å². The summed E-state index contributed by atoms with van der Waals surface area (Å²) >= 11 is 0. The third-order valence-electron chi connectivity index (χ3n) is 14.9. The van der Waals surface area contributed by atoms with Crippen molar-refractivity contribution in [2.75, 3.05) is 26.4 Å². The molecule has 0 radical (unpaired) electrons. The Balaban J connectivity index is 1.39. The van der Waals surface area contributed by atoms with E-state index in [-0.39, 0.29) is 18.9 Å². The lowest BCUT2D eigenvalue weighted by molar-refractivity contribution is -0.379. The minimum absolute atomic E-state index is 0.224. The van der Waals surface area contributed by atoms with Crippen LogP contribution < -0.4 is 5.32 Å². The van der Waals surface area contributed by atoms with Gasteiger partial charge in [-0.25, -0.2) is 0 Å². The van der Waals surface area contributed by atoms with Crippen LogP contribution in [0.4, 0.5) is 0 Å². The maximum atomic E-state index is 13.3. The smallest absolute Gasteiger partial charge is 0.220 e. The number of rotatable bonds is 44. The Labute approximate surface area is 494 Å². The maximum absolute atomic E-state index is 13.3. The molecule has 3 saturated heterocycles. The number of amides is 1. The second kappa shape index (κ2) is 45.9. The van der Waals surface area contributed by atoms with Gasteiger partial charge in [0.25, 0.3) is 0 Å². The zero-order chi connectivity index (χ0) is 60.5. The van der Waals surface area contributed by atoms with Crippen LogP contribution in [0.2, 0.25) is 0 Å². The van der Waals surface area contributed by atoms with Crippen molar-refractivity contribution in [3.63, 3.8) is 0 Å². The van der Waals surface area contributed by atoms with Crippen LogP contribution in [-0.4, -0.2) is 193 Å². The summed E-state index contributed by atoms with van der Waals surface area (Å²) in [5.41, 5.74) is 0. The normalized spacial score (nSPS) is 30.1. The Morgan fingerprint density at radius 3 is 1.35 bits per heavy atom. The molecule has 12 N–H and O–H groups in total. The van der Waals surface area contributed by atoms with Crippen molar-refractivity contribution >= 4 is 5.91 Å². The molecule has 3 rings (SSSR count). The Morgan fingerprint density at radius 1 is 0.458 bits per heavy atom. The van der Waals surface area contributed by atoms with E-state index >= 15 is 0 Å². The van der Waals surface area contributed by atoms with Crippen molar-refractivity contribution in [1.29, 1.82) is 0 Å². The summed E-state index contributed by atoms with van der Waals surface area (Å²) < 4.78 is 34.1. The molecule has 19 nitrogen and oxygen atoms in total. The number of hydrogen-bond acceptors (Lipinski definition) is 18. The molecule has 476 valence electrons. The number of hydrogen-bond donors (Lipinski definition) is 12. The Hall–Kier alpha value is -3.29. The van der Waals surface area contributed by atoms with E-state index in [0.717, 1.165) is 83.5 Å². The van der Waals surface area contributed by atoms with Gasteiger partial charge in [0.15, 0.2) is 18.9 Å². The Kier molecular flexibility index (Phi) is 40.9. The van der Waals surface area contributed by atoms with Crippen molar-refractivity contribution in [2.45, 2.75) is 272 Å². The molecule has 1 amide bonds. The Bertz CT molecular complexity index is 1890. The van der Waals surface area contributed by atoms with Crippen LogP contribution in [0, 0.1) is 0 Å². The predicted molar refractivity (Wildman–Crippen MR) is 318 cm³/mol. The second-order valence-corrected chi connectivity index (χ2v) is 21.8. The molecule has 83 heavy (non-hydrogen) atoms. The number of carbonyl (C=O) groups excluding carboxylic acids is 1. The summed E-state index contributed by atoms with van der Waals surface area (Å²) in [7, 11) is 0. The fourth-order valence-electron chi connectivity index (χ4n) is 9.90. The van der Waals surface area contributed by atoms with E-state index in [1.807, 2.05) is 13.0 Å². The molecule has 3 aliphatic heterocycles. The van der Waals surface area contributed by atoms with E-state index in [2.05, 4.69) is 91.2 Å². The third-order valence-corrected chi connectivity index (χ3v) is 14.9. The summed E-state index contributed by atoms with van der Waals surface area (Å²) in [6.45, 7) is 1.31. The number of ether oxygens (including phenoxy) is 6. The number of nitrogens with one attached hydrogen (secondary N) is 1. The van der Waals surface area contributed by atoms with E-state index in [0.29, 0.717) is 12.8 Å². The van der Waals surface area contributed by atoms with E-state index in [4.69, 9.17) is 28.4 Å². The van der Waals surface area contributed by atoms with Gasteiger partial charge in [-0.2, -0.15) is 0 Å². The highest BCUT2D eigenvalue weighted by Gasteiger charge is 2.53. The topological polar surface area (TPSA) is 307 Å². The van der Waals surface area contributed by atoms with Gasteiger partial charge in [-0.3, -0.25) is 4.79 Å². The van der Waals surface area contributed by atoms with Crippen LogP contribution >= 0.6 is 0 Å². The highest BCUT2D eigenvalue weighted by atomic mass is 16.8. The quantitative estimate of drug-likeness (QED) is 0.0241. The van der Waals surface area contributed by atoms with Crippen molar-refractivity contribution in [3.05, 3.63) is 97.2 Å². The summed E-state index contributed by atoms with van der Waals surface area (Å²) in [4.78, 5) is 13.3. The van der Waals surface area contributed by atoms with Crippen molar-refractivity contribution in [1.82, 2.24) is 5.32 Å². The molecule has 0 aromatic rings. The van der Waals surface area contributed by atoms with Gasteiger partial charge in [0.1, 0.15) is 73.2 Å². The lowest BCUT2D eigenvalue weighted by Gasteiger charge is -2.48. The first-order valence-electron chi connectivity index (χ1n) is 31.0. The standard InChI is InChI=1S/C64H107NO18/c1-3-5-7-9-11-13-14-15-16-17-18-19-20-21-22-23-24-25-26-27-28-29-30-31-32-34-36-38-40-42-52(70)65-47(48(69)41-39-37-35-33-12-10-8-6-4-2)46-78-62-58(76)55(73)60(50(44-67)80-62)83-64-59(77)56(74)61(51(45-68)81-64)82-63-57(75)54(72)53(71)49(43-66)79-63/h4-7,11-13,15-16,18-19,21-22,33,39,41,47-51,53-64,66-69,71-77H,3,8-10,14,17,20,23-32,34-38,40,42-46H2,1-2H3,(H,65,70)/b6-4+,7-5-,13-11-,16-15-,19-18-,22-21-,33-12+,41-39+. The minimum Gasteiger partial charge on any atom is -0.394 e. The molecule has 0 spiro atoms. The fraction of sp³-hybridized carbons (Fsp3) is 0.734. The number of carbonyl (C=O) groups is 1. The van der Waals surface area contributed by atoms with Gasteiger partial charge in [-0.15, -0.1) is 0 Å². The average molecular weight is 1180 g/mol. The van der Waals surface area contributed by atoms with E-state index < -0.39 is 124 Å². The van der Waals surface area contributed by atoms with Gasteiger partial charge in [0.05, 0.1) is 38.6 Å². The van der Waals surface area contributed by atoms with Gasteiger partial charge in [0, 0.05) is 6.42 Å². The number of unbranched alkanes of at least 4 members (excludes halogenated alkanes) is 15. The molecule has 17 atom stereocenters. The number of allylic oxidation sites excluding steroid dienone is 15. The molecule has 3 aliphatic rings. The van der Waals surface area contributed by atoms with Crippen LogP contribution in [0.15, 0.2) is 97.2 Å². The van der Waals surface area contributed by atoms with Gasteiger partial charge >= 0.3 is 0 Å². The van der Waals surface area contributed by atoms with Crippen LogP contribution in [-0.2, 0) is 33.2 Å². The molecule has 0 saturated carbocycles.